The van der Waals surface area contributed by atoms with Crippen LogP contribution >= 0.6 is 11.6 Å². The van der Waals surface area contributed by atoms with Crippen molar-refractivity contribution in [3.63, 3.8) is 0 Å². The highest BCUT2D eigenvalue weighted by Gasteiger charge is 2.07. The minimum atomic E-state index is 0.486. The number of hydrogen-bond acceptors (Lipinski definition) is 5. The van der Waals surface area contributed by atoms with E-state index in [9.17, 15) is 0 Å². The van der Waals surface area contributed by atoms with Gasteiger partial charge in [-0.3, -0.25) is 0 Å². The first-order chi connectivity index (χ1) is 10.3. The van der Waals surface area contributed by atoms with Crippen LogP contribution in [0.15, 0.2) is 49.2 Å². The number of halogens is 1. The molecule has 5 nitrogen and oxygen atoms in total. The van der Waals surface area contributed by atoms with Crippen LogP contribution in [0.5, 0.6) is 0 Å². The molecular formula is C15H8ClN5. The van der Waals surface area contributed by atoms with Gasteiger partial charge in [0.1, 0.15) is 12.7 Å². The summed E-state index contributed by atoms with van der Waals surface area (Å²) in [6.07, 6.45) is 4.57. The molecule has 3 aromatic rings. The highest BCUT2D eigenvalue weighted by atomic mass is 35.5. The van der Waals surface area contributed by atoms with Gasteiger partial charge >= 0.3 is 0 Å². The van der Waals surface area contributed by atoms with Crippen molar-refractivity contribution in [2.75, 3.05) is 0 Å². The molecule has 0 aliphatic carbocycles. The molecule has 0 aliphatic heterocycles. The Balaban J connectivity index is 2.09. The Labute approximate surface area is 125 Å². The zero-order chi connectivity index (χ0) is 14.7. The van der Waals surface area contributed by atoms with Crippen LogP contribution in [-0.4, -0.2) is 19.9 Å². The summed E-state index contributed by atoms with van der Waals surface area (Å²) in [4.78, 5) is 16.5. The Bertz CT molecular complexity index is 827. The predicted octanol–water partition coefficient (Wildman–Crippen LogP) is 3.13. The summed E-state index contributed by atoms with van der Waals surface area (Å²) in [7, 11) is 0. The van der Waals surface area contributed by atoms with Crippen molar-refractivity contribution >= 4 is 11.6 Å². The summed E-state index contributed by atoms with van der Waals surface area (Å²) in [6, 6.07) is 10.7. The lowest BCUT2D eigenvalue weighted by Crippen LogP contribution is -1.92. The average molecular weight is 294 g/mol. The van der Waals surface area contributed by atoms with Crippen molar-refractivity contribution in [1.82, 2.24) is 19.9 Å². The van der Waals surface area contributed by atoms with E-state index in [1.165, 1.54) is 12.7 Å². The van der Waals surface area contributed by atoms with Gasteiger partial charge in [-0.2, -0.15) is 5.26 Å². The van der Waals surface area contributed by atoms with E-state index in [-0.39, 0.29) is 0 Å². The SMILES string of the molecule is N#Cc1cc(Cl)cc(-c2cc(-c3ccncn3)ncn2)c1. The standard InChI is InChI=1S/C15H8ClN5/c16-12-4-10(7-17)3-11(5-12)14-6-15(21-9-20-14)13-1-2-18-8-19-13/h1-6,8-9H. The fraction of sp³-hybridized carbons (Fsp3) is 0. The minimum absolute atomic E-state index is 0.486. The van der Waals surface area contributed by atoms with Crippen LogP contribution in [0.1, 0.15) is 5.56 Å². The van der Waals surface area contributed by atoms with E-state index in [1.54, 1.807) is 36.5 Å². The molecule has 1 aromatic carbocycles. The van der Waals surface area contributed by atoms with E-state index in [2.05, 4.69) is 26.0 Å². The Morgan fingerprint density at radius 2 is 1.71 bits per heavy atom. The third-order valence-electron chi connectivity index (χ3n) is 2.83. The normalized spacial score (nSPS) is 10.1. The molecule has 0 N–H and O–H groups in total. The molecule has 2 heterocycles. The number of nitriles is 1. The van der Waals surface area contributed by atoms with E-state index in [4.69, 9.17) is 16.9 Å². The highest BCUT2D eigenvalue weighted by molar-refractivity contribution is 6.31. The van der Waals surface area contributed by atoms with Crippen LogP contribution in [0.2, 0.25) is 5.02 Å². The second-order valence-corrected chi connectivity index (χ2v) is 4.66. The van der Waals surface area contributed by atoms with Gasteiger partial charge in [-0.15, -0.1) is 0 Å². The van der Waals surface area contributed by atoms with E-state index in [1.807, 2.05) is 0 Å². The maximum atomic E-state index is 9.01. The van der Waals surface area contributed by atoms with Crippen molar-refractivity contribution in [2.24, 2.45) is 0 Å². The van der Waals surface area contributed by atoms with Gasteiger partial charge in [0.15, 0.2) is 0 Å². The fourth-order valence-corrected chi connectivity index (χ4v) is 2.13. The molecule has 0 radical (unpaired) electrons. The Morgan fingerprint density at radius 1 is 0.905 bits per heavy atom. The number of hydrogen-bond donors (Lipinski definition) is 0. The van der Waals surface area contributed by atoms with Gasteiger partial charge in [0, 0.05) is 16.8 Å². The Kier molecular flexibility index (Phi) is 3.54. The van der Waals surface area contributed by atoms with Crippen molar-refractivity contribution in [1.29, 1.82) is 5.26 Å². The summed E-state index contributed by atoms with van der Waals surface area (Å²) in [5.41, 5.74) is 3.31. The lowest BCUT2D eigenvalue weighted by atomic mass is 10.1. The number of nitrogens with zero attached hydrogens (tertiary/aromatic N) is 5. The summed E-state index contributed by atoms with van der Waals surface area (Å²) in [5, 5.41) is 9.50. The molecule has 21 heavy (non-hydrogen) atoms. The summed E-state index contributed by atoms with van der Waals surface area (Å²) in [5.74, 6) is 0. The number of aromatic nitrogens is 4. The second-order valence-electron chi connectivity index (χ2n) is 4.22. The van der Waals surface area contributed by atoms with Gasteiger partial charge in [-0.1, -0.05) is 11.6 Å². The summed E-state index contributed by atoms with van der Waals surface area (Å²) in [6.45, 7) is 0. The van der Waals surface area contributed by atoms with Crippen LogP contribution in [-0.2, 0) is 0 Å². The number of benzene rings is 1. The molecule has 3 rings (SSSR count). The zero-order valence-corrected chi connectivity index (χ0v) is 11.5. The molecule has 0 bridgehead atoms. The third kappa shape index (κ3) is 2.86. The average Bonchev–Trinajstić information content (AvgIpc) is 2.55. The first kappa shape index (κ1) is 13.2. The van der Waals surface area contributed by atoms with Crippen molar-refractivity contribution in [3.8, 4) is 28.7 Å². The first-order valence-electron chi connectivity index (χ1n) is 6.06. The van der Waals surface area contributed by atoms with Crippen molar-refractivity contribution in [3.05, 3.63) is 59.8 Å². The van der Waals surface area contributed by atoms with Gasteiger partial charge in [0.2, 0.25) is 0 Å². The second kappa shape index (κ2) is 5.65. The molecule has 0 spiro atoms. The van der Waals surface area contributed by atoms with Gasteiger partial charge in [0.05, 0.1) is 28.7 Å². The first-order valence-corrected chi connectivity index (χ1v) is 6.43. The zero-order valence-electron chi connectivity index (χ0n) is 10.7. The molecule has 0 saturated carbocycles. The molecule has 0 atom stereocenters. The van der Waals surface area contributed by atoms with E-state index >= 15 is 0 Å². The largest absolute Gasteiger partial charge is 0.245 e. The fourth-order valence-electron chi connectivity index (χ4n) is 1.90. The van der Waals surface area contributed by atoms with Crippen LogP contribution in [0.4, 0.5) is 0 Å². The third-order valence-corrected chi connectivity index (χ3v) is 3.05. The molecule has 0 fully saturated rings. The summed E-state index contributed by atoms with van der Waals surface area (Å²) < 4.78 is 0. The van der Waals surface area contributed by atoms with Gasteiger partial charge in [0.25, 0.3) is 0 Å². The number of rotatable bonds is 2. The Morgan fingerprint density at radius 3 is 2.48 bits per heavy atom. The molecule has 0 saturated heterocycles. The molecular weight excluding hydrogens is 286 g/mol. The Hall–Kier alpha value is -2.84. The molecule has 0 aliphatic rings. The molecule has 0 unspecified atom stereocenters. The minimum Gasteiger partial charge on any atom is -0.245 e. The molecule has 2 aromatic heterocycles. The lowest BCUT2D eigenvalue weighted by molar-refractivity contribution is 1.12. The molecule has 100 valence electrons. The maximum Gasteiger partial charge on any atom is 0.116 e. The van der Waals surface area contributed by atoms with Crippen LogP contribution < -0.4 is 0 Å². The highest BCUT2D eigenvalue weighted by Crippen LogP contribution is 2.25. The van der Waals surface area contributed by atoms with Crippen molar-refractivity contribution < 1.29 is 0 Å². The molecule has 6 heteroatoms. The predicted molar refractivity (Wildman–Crippen MR) is 78.2 cm³/mol. The smallest absolute Gasteiger partial charge is 0.116 e. The van der Waals surface area contributed by atoms with Gasteiger partial charge in [-0.25, -0.2) is 19.9 Å². The van der Waals surface area contributed by atoms with Crippen LogP contribution in [0.3, 0.4) is 0 Å². The maximum absolute atomic E-state index is 9.01. The van der Waals surface area contributed by atoms with Gasteiger partial charge in [-0.05, 0) is 30.3 Å². The van der Waals surface area contributed by atoms with Crippen LogP contribution in [0, 0.1) is 11.3 Å². The van der Waals surface area contributed by atoms with Gasteiger partial charge < -0.3 is 0 Å². The van der Waals surface area contributed by atoms with E-state index in [0.29, 0.717) is 27.7 Å². The van der Waals surface area contributed by atoms with Crippen molar-refractivity contribution in [2.45, 2.75) is 0 Å². The monoisotopic (exact) mass is 293 g/mol. The quantitative estimate of drug-likeness (QED) is 0.725. The topological polar surface area (TPSA) is 75.3 Å². The van der Waals surface area contributed by atoms with E-state index < -0.39 is 0 Å². The van der Waals surface area contributed by atoms with E-state index in [0.717, 1.165) is 5.56 Å². The molecule has 0 amide bonds. The lowest BCUT2D eigenvalue weighted by Gasteiger charge is -2.04. The summed E-state index contributed by atoms with van der Waals surface area (Å²) >= 11 is 6.02. The van der Waals surface area contributed by atoms with Crippen LogP contribution in [0.25, 0.3) is 22.6 Å².